The van der Waals surface area contributed by atoms with Gasteiger partial charge < -0.3 is 15.0 Å². The van der Waals surface area contributed by atoms with Gasteiger partial charge in [0.05, 0.1) is 12.2 Å². The van der Waals surface area contributed by atoms with Gasteiger partial charge in [-0.3, -0.25) is 4.79 Å². The van der Waals surface area contributed by atoms with Crippen molar-refractivity contribution in [2.75, 3.05) is 18.5 Å². The smallest absolute Gasteiger partial charge is 0.258 e. The monoisotopic (exact) mass is 378 g/mol. The molecule has 1 aliphatic rings. The first kappa shape index (κ1) is 20.0. The molecule has 4 heteroatoms. The average Bonchev–Trinajstić information content (AvgIpc) is 2.74. The van der Waals surface area contributed by atoms with Crippen molar-refractivity contribution < 1.29 is 9.53 Å². The molecule has 0 saturated heterocycles. The summed E-state index contributed by atoms with van der Waals surface area (Å²) >= 11 is 0. The van der Waals surface area contributed by atoms with Crippen LogP contribution in [-0.4, -0.2) is 24.0 Å². The molecule has 1 aliphatic heterocycles. The summed E-state index contributed by atoms with van der Waals surface area (Å²) in [6.07, 6.45) is 5.94. The van der Waals surface area contributed by atoms with E-state index in [1.807, 2.05) is 41.3 Å². The van der Waals surface area contributed by atoms with Crippen LogP contribution in [0.3, 0.4) is 0 Å². The Bertz CT molecular complexity index is 816. The van der Waals surface area contributed by atoms with E-state index in [0.717, 1.165) is 36.4 Å². The third-order valence-electron chi connectivity index (χ3n) is 5.38. The molecule has 0 aromatic heterocycles. The van der Waals surface area contributed by atoms with Crippen LogP contribution in [0.2, 0.25) is 0 Å². The summed E-state index contributed by atoms with van der Waals surface area (Å²) in [5.74, 6) is 0.889. The molecule has 1 atom stereocenters. The maximum atomic E-state index is 13.2. The van der Waals surface area contributed by atoms with Crippen molar-refractivity contribution in [2.45, 2.75) is 45.2 Å². The second-order valence-corrected chi connectivity index (χ2v) is 7.17. The molecule has 1 unspecified atom stereocenters. The molecule has 2 aromatic carbocycles. The van der Waals surface area contributed by atoms with E-state index >= 15 is 0 Å². The number of carbonyl (C=O) groups excluding carboxylic acids is 1. The fraction of sp³-hybridized carbons (Fsp3) is 0.375. The number of ether oxygens (including phenoxy) is 1. The molecule has 28 heavy (non-hydrogen) atoms. The molecule has 0 bridgehead atoms. The van der Waals surface area contributed by atoms with Crippen molar-refractivity contribution in [3.63, 3.8) is 0 Å². The highest BCUT2D eigenvalue weighted by molar-refractivity contribution is 6.02. The molecule has 3 rings (SSSR count). The van der Waals surface area contributed by atoms with Gasteiger partial charge in [0, 0.05) is 12.2 Å². The highest BCUT2D eigenvalue weighted by atomic mass is 16.5. The SMILES string of the molecule is C=CCN1C(=O)c2ccccc2NC1(CC)c1ccc(OCCCCC)cc1. The number of benzene rings is 2. The standard InChI is InChI=1S/C24H30N2O2/c1-4-7-10-18-28-20-15-13-19(14-16-20)24(6-3)25-22-12-9-8-11-21(22)23(27)26(24)17-5-2/h5,8-9,11-16,25H,2,4,6-7,10,17-18H2,1,3H3. The molecule has 0 radical (unpaired) electrons. The Morgan fingerprint density at radius 2 is 1.86 bits per heavy atom. The van der Waals surface area contributed by atoms with E-state index in [4.69, 9.17) is 4.74 Å². The van der Waals surface area contributed by atoms with Crippen LogP contribution in [0.15, 0.2) is 61.2 Å². The Balaban J connectivity index is 1.92. The van der Waals surface area contributed by atoms with Gasteiger partial charge in [0.1, 0.15) is 11.4 Å². The number of rotatable bonds is 9. The Hall–Kier alpha value is -2.75. The predicted molar refractivity (Wildman–Crippen MR) is 115 cm³/mol. The van der Waals surface area contributed by atoms with Crippen LogP contribution in [-0.2, 0) is 5.66 Å². The number of hydrogen-bond acceptors (Lipinski definition) is 3. The third kappa shape index (κ3) is 3.77. The van der Waals surface area contributed by atoms with Crippen molar-refractivity contribution in [2.24, 2.45) is 0 Å². The van der Waals surface area contributed by atoms with Crippen LogP contribution in [0.4, 0.5) is 5.69 Å². The van der Waals surface area contributed by atoms with E-state index in [-0.39, 0.29) is 5.91 Å². The van der Waals surface area contributed by atoms with Crippen molar-refractivity contribution in [1.29, 1.82) is 0 Å². The fourth-order valence-electron chi connectivity index (χ4n) is 3.84. The number of amides is 1. The Morgan fingerprint density at radius 3 is 2.54 bits per heavy atom. The minimum atomic E-state index is -0.611. The van der Waals surface area contributed by atoms with E-state index in [1.54, 1.807) is 6.08 Å². The normalized spacial score (nSPS) is 18.4. The minimum absolute atomic E-state index is 0.0241. The van der Waals surface area contributed by atoms with Crippen molar-refractivity contribution in [3.8, 4) is 5.75 Å². The lowest BCUT2D eigenvalue weighted by molar-refractivity contribution is 0.0524. The number of unbranched alkanes of at least 4 members (excludes halogenated alkanes) is 2. The van der Waals surface area contributed by atoms with Crippen LogP contribution >= 0.6 is 0 Å². The molecule has 1 amide bonds. The summed E-state index contributed by atoms with van der Waals surface area (Å²) < 4.78 is 5.85. The number of hydrogen-bond donors (Lipinski definition) is 1. The largest absolute Gasteiger partial charge is 0.494 e. The highest BCUT2D eigenvalue weighted by Crippen LogP contribution is 2.40. The first-order valence-corrected chi connectivity index (χ1v) is 10.2. The van der Waals surface area contributed by atoms with Gasteiger partial charge in [0.25, 0.3) is 5.91 Å². The van der Waals surface area contributed by atoms with Crippen LogP contribution in [0, 0.1) is 0 Å². The first-order valence-electron chi connectivity index (χ1n) is 10.2. The van der Waals surface area contributed by atoms with Gasteiger partial charge in [-0.05, 0) is 42.7 Å². The summed E-state index contributed by atoms with van der Waals surface area (Å²) in [6, 6.07) is 15.8. The maximum Gasteiger partial charge on any atom is 0.258 e. The van der Waals surface area contributed by atoms with E-state index < -0.39 is 5.66 Å². The predicted octanol–water partition coefficient (Wildman–Crippen LogP) is 5.57. The number of fused-ring (bicyclic) bond motifs is 1. The van der Waals surface area contributed by atoms with E-state index in [1.165, 1.54) is 12.8 Å². The topological polar surface area (TPSA) is 41.6 Å². The maximum absolute atomic E-state index is 13.2. The minimum Gasteiger partial charge on any atom is -0.494 e. The molecule has 4 nitrogen and oxygen atoms in total. The lowest BCUT2D eigenvalue weighted by Crippen LogP contribution is -2.57. The van der Waals surface area contributed by atoms with E-state index in [9.17, 15) is 4.79 Å². The van der Waals surface area contributed by atoms with Crippen LogP contribution in [0.5, 0.6) is 5.75 Å². The zero-order chi connectivity index (χ0) is 20.0. The summed E-state index contributed by atoms with van der Waals surface area (Å²) in [7, 11) is 0. The lowest BCUT2D eigenvalue weighted by atomic mass is 9.89. The Morgan fingerprint density at radius 1 is 1.11 bits per heavy atom. The molecule has 0 spiro atoms. The van der Waals surface area contributed by atoms with Crippen LogP contribution in [0.1, 0.15) is 55.5 Å². The Labute approximate surface area is 168 Å². The zero-order valence-electron chi connectivity index (χ0n) is 16.9. The molecule has 1 heterocycles. The highest BCUT2D eigenvalue weighted by Gasteiger charge is 2.44. The first-order chi connectivity index (χ1) is 13.7. The lowest BCUT2D eigenvalue weighted by Gasteiger charge is -2.48. The number of carbonyl (C=O) groups is 1. The fourth-order valence-corrected chi connectivity index (χ4v) is 3.84. The van der Waals surface area contributed by atoms with Gasteiger partial charge in [0.15, 0.2) is 0 Å². The molecule has 2 aromatic rings. The second kappa shape index (κ2) is 8.96. The third-order valence-corrected chi connectivity index (χ3v) is 5.38. The number of para-hydroxylation sites is 1. The molecule has 0 saturated carbocycles. The Kier molecular flexibility index (Phi) is 6.40. The van der Waals surface area contributed by atoms with Gasteiger partial charge in [-0.2, -0.15) is 0 Å². The summed E-state index contributed by atoms with van der Waals surface area (Å²) in [5, 5.41) is 3.64. The molecule has 0 fully saturated rings. The van der Waals surface area contributed by atoms with Gasteiger partial charge in [-0.15, -0.1) is 6.58 Å². The number of nitrogens with zero attached hydrogens (tertiary/aromatic N) is 1. The van der Waals surface area contributed by atoms with Gasteiger partial charge in [-0.25, -0.2) is 0 Å². The number of nitrogens with one attached hydrogen (secondary N) is 1. The quantitative estimate of drug-likeness (QED) is 0.458. The van der Waals surface area contributed by atoms with Crippen molar-refractivity contribution >= 4 is 11.6 Å². The second-order valence-electron chi connectivity index (χ2n) is 7.17. The van der Waals surface area contributed by atoms with Gasteiger partial charge in [-0.1, -0.05) is 57.0 Å². The zero-order valence-corrected chi connectivity index (χ0v) is 16.9. The van der Waals surface area contributed by atoms with Gasteiger partial charge in [0.2, 0.25) is 0 Å². The van der Waals surface area contributed by atoms with Crippen LogP contribution < -0.4 is 10.1 Å². The molecule has 148 valence electrons. The number of anilines is 1. The van der Waals surface area contributed by atoms with Crippen molar-refractivity contribution in [3.05, 3.63) is 72.3 Å². The van der Waals surface area contributed by atoms with Crippen LogP contribution in [0.25, 0.3) is 0 Å². The summed E-state index contributed by atoms with van der Waals surface area (Å²) in [6.45, 7) is 9.35. The van der Waals surface area contributed by atoms with E-state index in [0.29, 0.717) is 12.1 Å². The molecular formula is C24H30N2O2. The average molecular weight is 379 g/mol. The van der Waals surface area contributed by atoms with Crippen molar-refractivity contribution in [1.82, 2.24) is 4.90 Å². The molecule has 1 N–H and O–H groups in total. The molecule has 0 aliphatic carbocycles. The van der Waals surface area contributed by atoms with Gasteiger partial charge >= 0.3 is 0 Å². The molecular weight excluding hydrogens is 348 g/mol. The summed E-state index contributed by atoms with van der Waals surface area (Å²) in [5.41, 5.74) is 2.00. The van der Waals surface area contributed by atoms with E-state index in [2.05, 4.69) is 37.9 Å². The summed E-state index contributed by atoms with van der Waals surface area (Å²) in [4.78, 5) is 15.1.